The van der Waals surface area contributed by atoms with Gasteiger partial charge in [0.25, 0.3) is 0 Å². The van der Waals surface area contributed by atoms with Gasteiger partial charge in [0.1, 0.15) is 0 Å². The predicted molar refractivity (Wildman–Crippen MR) is 61.7 cm³/mol. The van der Waals surface area contributed by atoms with Gasteiger partial charge in [-0.3, -0.25) is 0 Å². The Morgan fingerprint density at radius 2 is 1.86 bits per heavy atom. The Labute approximate surface area is 88.6 Å². The second-order valence-corrected chi connectivity index (χ2v) is 4.22. The zero-order valence-electron chi connectivity index (χ0n) is 10.1. The molecule has 0 aromatic carbocycles. The van der Waals surface area contributed by atoms with Crippen LogP contribution in [-0.2, 0) is 4.74 Å². The first kappa shape index (κ1) is 13.9. The Bertz CT molecular complexity index is 118. The molecule has 0 heterocycles. The molecule has 0 bridgehead atoms. The van der Waals surface area contributed by atoms with E-state index >= 15 is 0 Å². The van der Waals surface area contributed by atoms with Crippen molar-refractivity contribution in [3.8, 4) is 0 Å². The molecule has 3 nitrogen and oxygen atoms in total. The van der Waals surface area contributed by atoms with Gasteiger partial charge in [0.15, 0.2) is 0 Å². The molecular formula is C11H26N2O. The summed E-state index contributed by atoms with van der Waals surface area (Å²) in [6, 6.07) is 0.589. The molecule has 0 radical (unpaired) electrons. The van der Waals surface area contributed by atoms with Crippen molar-refractivity contribution in [1.82, 2.24) is 10.6 Å². The number of ether oxygens (including phenoxy) is 1. The van der Waals surface area contributed by atoms with Crippen LogP contribution < -0.4 is 10.6 Å². The molecular weight excluding hydrogens is 176 g/mol. The van der Waals surface area contributed by atoms with Crippen molar-refractivity contribution in [3.05, 3.63) is 0 Å². The largest absolute Gasteiger partial charge is 0.385 e. The average molecular weight is 202 g/mol. The first-order valence-corrected chi connectivity index (χ1v) is 5.59. The van der Waals surface area contributed by atoms with Crippen LogP contribution in [-0.4, -0.2) is 39.4 Å². The van der Waals surface area contributed by atoms with Crippen LogP contribution in [0.15, 0.2) is 0 Å². The van der Waals surface area contributed by atoms with Crippen LogP contribution in [0.25, 0.3) is 0 Å². The highest BCUT2D eigenvalue weighted by Gasteiger charge is 2.01. The number of hydrogen-bond acceptors (Lipinski definition) is 3. The van der Waals surface area contributed by atoms with Crippen molar-refractivity contribution in [3.63, 3.8) is 0 Å². The van der Waals surface area contributed by atoms with Crippen molar-refractivity contribution in [2.24, 2.45) is 5.92 Å². The number of hydrogen-bond donors (Lipinski definition) is 2. The number of methoxy groups -OCH3 is 1. The molecule has 0 aliphatic rings. The minimum absolute atomic E-state index is 0.589. The van der Waals surface area contributed by atoms with Gasteiger partial charge in [-0.1, -0.05) is 20.8 Å². The Morgan fingerprint density at radius 3 is 2.43 bits per heavy atom. The van der Waals surface area contributed by atoms with Crippen LogP contribution in [0.4, 0.5) is 0 Å². The van der Waals surface area contributed by atoms with Crippen molar-refractivity contribution in [2.45, 2.75) is 33.2 Å². The highest BCUT2D eigenvalue weighted by Crippen LogP contribution is 1.91. The average Bonchev–Trinajstić information content (AvgIpc) is 2.14. The molecule has 0 aliphatic carbocycles. The summed E-state index contributed by atoms with van der Waals surface area (Å²) < 4.78 is 4.98. The maximum atomic E-state index is 4.98. The molecule has 86 valence electrons. The van der Waals surface area contributed by atoms with Gasteiger partial charge >= 0.3 is 0 Å². The van der Waals surface area contributed by atoms with Gasteiger partial charge in [0, 0.05) is 19.8 Å². The highest BCUT2D eigenvalue weighted by molar-refractivity contribution is 4.62. The van der Waals surface area contributed by atoms with E-state index in [0.29, 0.717) is 12.0 Å². The molecule has 0 spiro atoms. The molecule has 0 amide bonds. The monoisotopic (exact) mass is 202 g/mol. The van der Waals surface area contributed by atoms with Gasteiger partial charge in [0.2, 0.25) is 0 Å². The summed E-state index contributed by atoms with van der Waals surface area (Å²) in [5.74, 6) is 0.694. The van der Waals surface area contributed by atoms with Gasteiger partial charge in [0.05, 0.1) is 0 Å². The molecule has 0 saturated heterocycles. The minimum Gasteiger partial charge on any atom is -0.385 e. The first-order valence-electron chi connectivity index (χ1n) is 5.59. The van der Waals surface area contributed by atoms with E-state index in [0.717, 1.165) is 32.7 Å². The summed E-state index contributed by atoms with van der Waals surface area (Å²) in [6.45, 7) is 10.7. The zero-order chi connectivity index (χ0) is 10.8. The summed E-state index contributed by atoms with van der Waals surface area (Å²) in [7, 11) is 1.75. The third-order valence-electron chi connectivity index (χ3n) is 2.07. The van der Waals surface area contributed by atoms with Gasteiger partial charge in [-0.2, -0.15) is 0 Å². The Kier molecular flexibility index (Phi) is 9.35. The van der Waals surface area contributed by atoms with Crippen LogP contribution in [0.5, 0.6) is 0 Å². The van der Waals surface area contributed by atoms with E-state index in [1.807, 2.05) is 0 Å². The summed E-state index contributed by atoms with van der Waals surface area (Å²) in [4.78, 5) is 0. The van der Waals surface area contributed by atoms with Crippen molar-refractivity contribution in [1.29, 1.82) is 0 Å². The number of nitrogens with one attached hydrogen (secondary N) is 2. The van der Waals surface area contributed by atoms with Crippen LogP contribution in [0.1, 0.15) is 27.2 Å². The maximum Gasteiger partial charge on any atom is 0.0474 e. The Morgan fingerprint density at radius 1 is 1.14 bits per heavy atom. The van der Waals surface area contributed by atoms with E-state index in [1.54, 1.807) is 7.11 Å². The topological polar surface area (TPSA) is 33.3 Å². The van der Waals surface area contributed by atoms with Crippen LogP contribution in [0.2, 0.25) is 0 Å². The maximum absolute atomic E-state index is 4.98. The summed E-state index contributed by atoms with van der Waals surface area (Å²) >= 11 is 0. The van der Waals surface area contributed by atoms with Crippen LogP contribution in [0, 0.1) is 5.92 Å². The zero-order valence-corrected chi connectivity index (χ0v) is 10.1. The SMILES string of the molecule is COCCCNCC(C)CNC(C)C. The molecule has 0 aromatic rings. The van der Waals surface area contributed by atoms with Crippen molar-refractivity contribution >= 4 is 0 Å². The van der Waals surface area contributed by atoms with E-state index in [2.05, 4.69) is 31.4 Å². The number of rotatable bonds is 9. The molecule has 3 heteroatoms. The van der Waals surface area contributed by atoms with E-state index in [4.69, 9.17) is 4.74 Å². The van der Waals surface area contributed by atoms with E-state index in [1.165, 1.54) is 0 Å². The highest BCUT2D eigenvalue weighted by atomic mass is 16.5. The smallest absolute Gasteiger partial charge is 0.0474 e. The van der Waals surface area contributed by atoms with Crippen molar-refractivity contribution < 1.29 is 4.74 Å². The van der Waals surface area contributed by atoms with E-state index < -0.39 is 0 Å². The first-order chi connectivity index (χ1) is 6.66. The fourth-order valence-electron chi connectivity index (χ4n) is 1.20. The Hall–Kier alpha value is -0.120. The molecule has 1 unspecified atom stereocenters. The fraction of sp³-hybridized carbons (Fsp3) is 1.00. The molecule has 1 atom stereocenters. The van der Waals surface area contributed by atoms with Crippen LogP contribution in [0.3, 0.4) is 0 Å². The minimum atomic E-state index is 0.589. The molecule has 0 aromatic heterocycles. The van der Waals surface area contributed by atoms with Gasteiger partial charge in [-0.25, -0.2) is 0 Å². The lowest BCUT2D eigenvalue weighted by Crippen LogP contribution is -2.33. The standard InChI is InChI=1S/C11H26N2O/c1-10(2)13-9-11(3)8-12-6-5-7-14-4/h10-13H,5-9H2,1-4H3. The molecule has 14 heavy (non-hydrogen) atoms. The summed E-state index contributed by atoms with van der Waals surface area (Å²) in [6.07, 6.45) is 1.10. The van der Waals surface area contributed by atoms with Crippen molar-refractivity contribution in [2.75, 3.05) is 33.4 Å². The molecule has 0 rings (SSSR count). The third-order valence-corrected chi connectivity index (χ3v) is 2.07. The van der Waals surface area contributed by atoms with Gasteiger partial charge in [-0.05, 0) is 32.0 Å². The van der Waals surface area contributed by atoms with Gasteiger partial charge < -0.3 is 15.4 Å². The molecule has 0 aliphatic heterocycles. The lowest BCUT2D eigenvalue weighted by Gasteiger charge is -2.15. The Balaban J connectivity index is 3.14. The fourth-order valence-corrected chi connectivity index (χ4v) is 1.20. The third kappa shape index (κ3) is 9.96. The van der Waals surface area contributed by atoms with E-state index in [-0.39, 0.29) is 0 Å². The predicted octanol–water partition coefficient (Wildman–Crippen LogP) is 1.25. The van der Waals surface area contributed by atoms with E-state index in [9.17, 15) is 0 Å². The lowest BCUT2D eigenvalue weighted by molar-refractivity contribution is 0.194. The molecule has 0 fully saturated rings. The summed E-state index contributed by atoms with van der Waals surface area (Å²) in [5, 5.41) is 6.86. The lowest BCUT2D eigenvalue weighted by atomic mass is 10.1. The second-order valence-electron chi connectivity index (χ2n) is 4.22. The molecule has 0 saturated carbocycles. The normalized spacial score (nSPS) is 13.5. The molecule has 2 N–H and O–H groups in total. The summed E-state index contributed by atoms with van der Waals surface area (Å²) in [5.41, 5.74) is 0. The van der Waals surface area contributed by atoms with Crippen LogP contribution >= 0.6 is 0 Å². The second kappa shape index (κ2) is 9.44. The van der Waals surface area contributed by atoms with Gasteiger partial charge in [-0.15, -0.1) is 0 Å². The quantitative estimate of drug-likeness (QED) is 0.552.